The number of aromatic nitrogens is 2. The van der Waals surface area contributed by atoms with E-state index < -0.39 is 15.6 Å². The average molecular weight is 483 g/mol. The number of anilines is 1. The Hall–Kier alpha value is -3.33. The maximum atomic E-state index is 13.1. The Morgan fingerprint density at radius 1 is 1.00 bits per heavy atom. The van der Waals surface area contributed by atoms with Gasteiger partial charge in [0.2, 0.25) is 0 Å². The summed E-state index contributed by atoms with van der Waals surface area (Å²) in [5, 5.41) is 0. The molecule has 2 aromatic carbocycles. The van der Waals surface area contributed by atoms with Crippen LogP contribution in [-0.2, 0) is 17.1 Å². The highest BCUT2D eigenvalue weighted by molar-refractivity contribution is 7.92. The van der Waals surface area contributed by atoms with Gasteiger partial charge in [-0.1, -0.05) is 37.5 Å². The van der Waals surface area contributed by atoms with Gasteiger partial charge in [0.05, 0.1) is 16.3 Å². The van der Waals surface area contributed by atoms with Crippen molar-refractivity contribution in [3.05, 3.63) is 76.2 Å². The van der Waals surface area contributed by atoms with Gasteiger partial charge >= 0.3 is 0 Å². The normalized spacial score (nSPS) is 14.7. The minimum atomic E-state index is -4.03. The lowest BCUT2D eigenvalue weighted by Gasteiger charge is -2.31. The van der Waals surface area contributed by atoms with E-state index in [-0.39, 0.29) is 22.5 Å². The van der Waals surface area contributed by atoms with Gasteiger partial charge in [-0.3, -0.25) is 19.0 Å². The summed E-state index contributed by atoms with van der Waals surface area (Å²) in [5.41, 5.74) is 1.08. The van der Waals surface area contributed by atoms with Crippen molar-refractivity contribution in [2.75, 3.05) is 11.8 Å². The van der Waals surface area contributed by atoms with Crippen LogP contribution in [0.25, 0.3) is 5.69 Å². The molecule has 1 aromatic heterocycles. The molecule has 0 spiro atoms. The summed E-state index contributed by atoms with van der Waals surface area (Å²) in [6.07, 6.45) is 5.44. The van der Waals surface area contributed by atoms with Gasteiger partial charge in [-0.25, -0.2) is 13.1 Å². The van der Waals surface area contributed by atoms with E-state index in [1.165, 1.54) is 35.4 Å². The smallest absolute Gasteiger partial charge is 0.296 e. The summed E-state index contributed by atoms with van der Waals surface area (Å²) in [7, 11) is -0.524. The minimum Gasteiger partial charge on any atom is -0.339 e. The van der Waals surface area contributed by atoms with E-state index in [1.807, 2.05) is 18.2 Å². The van der Waals surface area contributed by atoms with Crippen molar-refractivity contribution in [3.63, 3.8) is 0 Å². The van der Waals surface area contributed by atoms with Crippen LogP contribution < -0.4 is 10.3 Å². The molecular formula is C25H30N4O4S. The third-order valence-electron chi connectivity index (χ3n) is 6.64. The van der Waals surface area contributed by atoms with Gasteiger partial charge in [0, 0.05) is 25.7 Å². The van der Waals surface area contributed by atoms with Gasteiger partial charge in [0.1, 0.15) is 5.69 Å². The molecule has 1 heterocycles. The molecular weight excluding hydrogens is 452 g/mol. The molecule has 1 saturated carbocycles. The molecule has 1 aliphatic carbocycles. The second kappa shape index (κ2) is 9.50. The lowest BCUT2D eigenvalue weighted by molar-refractivity contribution is 0.0696. The fourth-order valence-corrected chi connectivity index (χ4v) is 5.61. The number of hydrogen-bond acceptors (Lipinski definition) is 4. The maximum absolute atomic E-state index is 13.1. The van der Waals surface area contributed by atoms with Crippen molar-refractivity contribution >= 4 is 21.6 Å². The van der Waals surface area contributed by atoms with Crippen molar-refractivity contribution in [1.29, 1.82) is 0 Å². The Kier molecular flexibility index (Phi) is 6.65. The molecule has 4 rings (SSSR count). The first-order valence-electron chi connectivity index (χ1n) is 11.4. The van der Waals surface area contributed by atoms with E-state index in [4.69, 9.17) is 0 Å². The van der Waals surface area contributed by atoms with E-state index >= 15 is 0 Å². The van der Waals surface area contributed by atoms with Gasteiger partial charge in [-0.2, -0.15) is 0 Å². The van der Waals surface area contributed by atoms with Crippen LogP contribution in [0.2, 0.25) is 0 Å². The van der Waals surface area contributed by atoms with Crippen molar-refractivity contribution < 1.29 is 13.2 Å². The van der Waals surface area contributed by atoms with Crippen LogP contribution in [0.5, 0.6) is 0 Å². The molecule has 0 radical (unpaired) electrons. The largest absolute Gasteiger partial charge is 0.339 e. The Labute approximate surface area is 199 Å². The van der Waals surface area contributed by atoms with Crippen LogP contribution in [0, 0.1) is 6.92 Å². The summed E-state index contributed by atoms with van der Waals surface area (Å²) < 4.78 is 31.6. The quantitative estimate of drug-likeness (QED) is 0.580. The summed E-state index contributed by atoms with van der Waals surface area (Å²) in [4.78, 5) is 27.7. The topological polar surface area (TPSA) is 93.4 Å². The Balaban J connectivity index is 1.57. The van der Waals surface area contributed by atoms with Crippen molar-refractivity contribution in [3.8, 4) is 5.69 Å². The lowest BCUT2D eigenvalue weighted by Crippen LogP contribution is -2.38. The molecule has 9 heteroatoms. The number of para-hydroxylation sites is 1. The molecule has 3 aromatic rings. The second-order valence-corrected chi connectivity index (χ2v) is 10.5. The van der Waals surface area contributed by atoms with Gasteiger partial charge < -0.3 is 4.90 Å². The Bertz CT molecular complexity index is 1340. The third-order valence-corrected chi connectivity index (χ3v) is 8.01. The number of sulfonamides is 1. The molecule has 0 unspecified atom stereocenters. The first-order chi connectivity index (χ1) is 16.2. The zero-order valence-electron chi connectivity index (χ0n) is 19.7. The van der Waals surface area contributed by atoms with Crippen molar-refractivity contribution in [2.24, 2.45) is 7.05 Å². The Morgan fingerprint density at radius 2 is 1.62 bits per heavy atom. The lowest BCUT2D eigenvalue weighted by atomic mass is 9.94. The molecule has 1 amide bonds. The van der Waals surface area contributed by atoms with E-state index in [9.17, 15) is 18.0 Å². The molecule has 1 N–H and O–H groups in total. The summed E-state index contributed by atoms with van der Waals surface area (Å²) in [6.45, 7) is 1.68. The number of carbonyl (C=O) groups excluding carboxylic acids is 1. The summed E-state index contributed by atoms with van der Waals surface area (Å²) in [5.74, 6) is -0.117. The van der Waals surface area contributed by atoms with E-state index in [1.54, 1.807) is 42.7 Å². The van der Waals surface area contributed by atoms with E-state index in [0.717, 1.165) is 25.7 Å². The first kappa shape index (κ1) is 23.8. The number of amides is 1. The average Bonchev–Trinajstić information content (AvgIpc) is 3.07. The zero-order valence-corrected chi connectivity index (χ0v) is 20.5. The minimum absolute atomic E-state index is 0.0106. The van der Waals surface area contributed by atoms with E-state index in [2.05, 4.69) is 4.72 Å². The van der Waals surface area contributed by atoms with Gasteiger partial charge in [0.25, 0.3) is 21.5 Å². The standard InChI is InChI=1S/C25H30N4O4S/c1-18-23(25(31)29(28(18)3)21-12-8-5-9-13-21)26-34(32,33)22-16-14-19(15-17-22)24(30)27(2)20-10-6-4-7-11-20/h5,8-9,12-17,20,26H,4,6-7,10-11H2,1-3H3. The molecule has 0 aliphatic heterocycles. The van der Waals surface area contributed by atoms with Gasteiger partial charge in [0.15, 0.2) is 0 Å². The molecule has 0 bridgehead atoms. The summed E-state index contributed by atoms with van der Waals surface area (Å²) >= 11 is 0. The third kappa shape index (κ3) is 4.52. The van der Waals surface area contributed by atoms with E-state index in [0.29, 0.717) is 16.9 Å². The fraction of sp³-hybridized carbons (Fsp3) is 0.360. The summed E-state index contributed by atoms with van der Waals surface area (Å²) in [6, 6.07) is 15.1. The Morgan fingerprint density at radius 3 is 2.24 bits per heavy atom. The van der Waals surface area contributed by atoms with Crippen LogP contribution in [0.1, 0.15) is 48.2 Å². The highest BCUT2D eigenvalue weighted by Gasteiger charge is 2.25. The molecule has 0 saturated heterocycles. The van der Waals surface area contributed by atoms with Crippen LogP contribution in [0.3, 0.4) is 0 Å². The molecule has 180 valence electrons. The SMILES string of the molecule is Cc1c(NS(=O)(=O)c2ccc(C(=O)N(C)C3CCCCC3)cc2)c(=O)n(-c2ccccc2)n1C. The molecule has 1 fully saturated rings. The van der Waals surface area contributed by atoms with Crippen LogP contribution in [0.4, 0.5) is 5.69 Å². The number of hydrogen-bond donors (Lipinski definition) is 1. The fourth-order valence-electron chi connectivity index (χ4n) is 4.49. The van der Waals surface area contributed by atoms with Crippen LogP contribution in [-0.4, -0.2) is 41.7 Å². The molecule has 1 aliphatic rings. The van der Waals surface area contributed by atoms with Gasteiger partial charge in [-0.15, -0.1) is 0 Å². The second-order valence-electron chi connectivity index (χ2n) is 8.77. The van der Waals surface area contributed by atoms with Crippen LogP contribution >= 0.6 is 0 Å². The number of nitrogens with one attached hydrogen (secondary N) is 1. The monoisotopic (exact) mass is 482 g/mol. The maximum Gasteiger partial charge on any atom is 0.296 e. The zero-order chi connectivity index (χ0) is 24.5. The first-order valence-corrected chi connectivity index (χ1v) is 12.9. The molecule has 8 nitrogen and oxygen atoms in total. The number of nitrogens with zero attached hydrogens (tertiary/aromatic N) is 3. The number of rotatable bonds is 6. The number of carbonyl (C=O) groups is 1. The van der Waals surface area contributed by atoms with Crippen LogP contribution in [0.15, 0.2) is 64.3 Å². The molecule has 34 heavy (non-hydrogen) atoms. The molecule has 0 atom stereocenters. The predicted molar refractivity (Wildman–Crippen MR) is 132 cm³/mol. The predicted octanol–water partition coefficient (Wildman–Crippen LogP) is 3.69. The van der Waals surface area contributed by atoms with Crippen molar-refractivity contribution in [1.82, 2.24) is 14.3 Å². The van der Waals surface area contributed by atoms with Gasteiger partial charge in [-0.05, 0) is 56.2 Å². The highest BCUT2D eigenvalue weighted by Crippen LogP contribution is 2.24. The highest BCUT2D eigenvalue weighted by atomic mass is 32.2. The number of benzene rings is 2. The van der Waals surface area contributed by atoms with Crippen molar-refractivity contribution in [2.45, 2.75) is 50.0 Å².